The van der Waals surface area contributed by atoms with Crippen molar-refractivity contribution < 1.29 is 10.2 Å². The summed E-state index contributed by atoms with van der Waals surface area (Å²) >= 11 is 0. The van der Waals surface area contributed by atoms with Crippen molar-refractivity contribution in [2.45, 2.75) is 63.1 Å². The molecule has 4 aromatic rings. The van der Waals surface area contributed by atoms with Crippen molar-refractivity contribution in [2.75, 3.05) is 47.8 Å². The van der Waals surface area contributed by atoms with Crippen LogP contribution in [0.1, 0.15) is 50.7 Å². The number of benzene rings is 4. The largest absolute Gasteiger partial charge is 0.851 e. The number of hydrogen-bond donors (Lipinski definition) is 0. The molecule has 2 heterocycles. The Morgan fingerprint density at radius 3 is 1.18 bits per heavy atom. The van der Waals surface area contributed by atoms with Crippen molar-refractivity contribution in [1.29, 1.82) is 0 Å². The lowest BCUT2D eigenvalue weighted by atomic mass is 9.62. The summed E-state index contributed by atoms with van der Waals surface area (Å²) in [7, 11) is 8.45. The zero-order valence-electron chi connectivity index (χ0n) is 24.7. The van der Waals surface area contributed by atoms with E-state index in [0.29, 0.717) is 0 Å². The topological polar surface area (TPSA) is 59.1 Å². The van der Waals surface area contributed by atoms with E-state index in [4.69, 9.17) is 0 Å². The van der Waals surface area contributed by atoms with Crippen molar-refractivity contribution in [3.8, 4) is 0 Å². The molecule has 4 aromatic carbocycles. The maximum absolute atomic E-state index is 14.1. The minimum absolute atomic E-state index is 0.196. The Bertz CT molecular complexity index is 1530. The lowest BCUT2D eigenvalue weighted by Crippen LogP contribution is -2.63. The number of hydrogen-bond acceptors (Lipinski definition) is 6. The van der Waals surface area contributed by atoms with Crippen LogP contribution in [-0.4, -0.2) is 51.7 Å². The van der Waals surface area contributed by atoms with E-state index in [1.807, 2.05) is 12.1 Å². The predicted molar refractivity (Wildman–Crippen MR) is 163 cm³/mol. The molecule has 6 heteroatoms. The fourth-order valence-electron chi connectivity index (χ4n) is 7.49. The van der Waals surface area contributed by atoms with E-state index in [0.717, 1.165) is 55.4 Å². The second-order valence-corrected chi connectivity index (χ2v) is 13.0. The van der Waals surface area contributed by atoms with Gasteiger partial charge < -0.3 is 29.8 Å². The molecule has 0 spiro atoms. The third kappa shape index (κ3) is 2.96. The van der Waals surface area contributed by atoms with E-state index in [1.165, 1.54) is 0 Å². The summed E-state index contributed by atoms with van der Waals surface area (Å²) in [6.45, 7) is 8.82. The molecule has 0 bridgehead atoms. The summed E-state index contributed by atoms with van der Waals surface area (Å²) in [4.78, 5) is 9.13. The Balaban J connectivity index is 1.32. The van der Waals surface area contributed by atoms with Gasteiger partial charge in [-0.1, -0.05) is 36.4 Å². The molecule has 3 aliphatic rings. The third-order valence-corrected chi connectivity index (χ3v) is 10.9. The maximum atomic E-state index is 14.1. The van der Waals surface area contributed by atoms with Gasteiger partial charge in [-0.25, -0.2) is 0 Å². The highest BCUT2D eigenvalue weighted by Gasteiger charge is 2.43. The zero-order valence-corrected chi connectivity index (χ0v) is 24.7. The summed E-state index contributed by atoms with van der Waals surface area (Å²) in [6, 6.07) is 20.9. The summed E-state index contributed by atoms with van der Waals surface area (Å²) in [5.74, 6) is -1.15. The monoisotopic (exact) mass is 534 g/mol. The van der Waals surface area contributed by atoms with Crippen LogP contribution in [0.3, 0.4) is 0 Å². The van der Waals surface area contributed by atoms with Gasteiger partial charge >= 0.3 is 0 Å². The number of rotatable bonds is 2. The van der Waals surface area contributed by atoms with Gasteiger partial charge in [0.1, 0.15) is 11.3 Å². The highest BCUT2D eigenvalue weighted by atomic mass is 16.3. The summed E-state index contributed by atoms with van der Waals surface area (Å²) in [6.07, 6.45) is -2.00. The molecule has 0 radical (unpaired) electrons. The van der Waals surface area contributed by atoms with Crippen molar-refractivity contribution in [1.82, 2.24) is 0 Å². The second kappa shape index (κ2) is 8.05. The van der Waals surface area contributed by atoms with E-state index in [1.54, 1.807) is 0 Å². The first-order valence-corrected chi connectivity index (χ1v) is 14.3. The molecule has 0 amide bonds. The molecule has 0 saturated heterocycles. The van der Waals surface area contributed by atoms with E-state index >= 15 is 0 Å². The highest BCUT2D eigenvalue weighted by molar-refractivity contribution is 6.09. The normalized spacial score (nSPS) is 26.4. The van der Waals surface area contributed by atoms with E-state index in [9.17, 15) is 10.2 Å². The van der Waals surface area contributed by atoms with Crippen LogP contribution in [0.5, 0.6) is 0 Å². The SMILES string of the molecule is CN1c2cccc3c(C4C([O-])C(c5ccc6c7c(cccc57)N(C)C(C)(C)N6C)C4[O-])ccc(c23)N(C)C1(C)C. The molecule has 208 valence electrons. The fourth-order valence-corrected chi connectivity index (χ4v) is 7.49. The molecular formula is C34H38N4O2-2. The lowest BCUT2D eigenvalue weighted by Gasteiger charge is -2.62. The van der Waals surface area contributed by atoms with Crippen molar-refractivity contribution in [3.63, 3.8) is 0 Å². The molecule has 40 heavy (non-hydrogen) atoms. The Hall–Kier alpha value is -3.48. The van der Waals surface area contributed by atoms with E-state index in [-0.39, 0.29) is 11.3 Å². The van der Waals surface area contributed by atoms with Gasteiger partial charge in [-0.15, -0.1) is 12.2 Å². The van der Waals surface area contributed by atoms with Crippen LogP contribution in [0.25, 0.3) is 21.5 Å². The van der Waals surface area contributed by atoms with Crippen LogP contribution in [-0.2, 0) is 0 Å². The third-order valence-electron chi connectivity index (χ3n) is 10.9. The molecule has 1 aliphatic carbocycles. The first-order chi connectivity index (χ1) is 18.9. The summed E-state index contributed by atoms with van der Waals surface area (Å²) in [5, 5.41) is 32.4. The van der Waals surface area contributed by atoms with Crippen LogP contribution < -0.4 is 29.8 Å². The zero-order chi connectivity index (χ0) is 28.5. The smallest absolute Gasteiger partial charge is 0.106 e. The number of anilines is 4. The van der Waals surface area contributed by atoms with Crippen molar-refractivity contribution >= 4 is 44.3 Å². The molecule has 0 unspecified atom stereocenters. The molecule has 0 aromatic heterocycles. The second-order valence-electron chi connectivity index (χ2n) is 13.0. The molecule has 1 saturated carbocycles. The van der Waals surface area contributed by atoms with Crippen molar-refractivity contribution in [3.05, 3.63) is 71.8 Å². The van der Waals surface area contributed by atoms with Crippen LogP contribution >= 0.6 is 0 Å². The van der Waals surface area contributed by atoms with Crippen LogP contribution in [0, 0.1) is 0 Å². The molecule has 0 atom stereocenters. The predicted octanol–water partition coefficient (Wildman–Crippen LogP) is 4.58. The van der Waals surface area contributed by atoms with Gasteiger partial charge in [-0.3, -0.25) is 0 Å². The summed E-state index contributed by atoms with van der Waals surface area (Å²) in [5.41, 5.74) is 5.94. The van der Waals surface area contributed by atoms with Crippen molar-refractivity contribution in [2.24, 2.45) is 0 Å². The quantitative estimate of drug-likeness (QED) is 0.375. The number of nitrogens with zero attached hydrogens (tertiary/aromatic N) is 4. The van der Waals surface area contributed by atoms with Gasteiger partial charge in [0, 0.05) is 61.7 Å². The highest BCUT2D eigenvalue weighted by Crippen LogP contribution is 2.54. The van der Waals surface area contributed by atoms with Gasteiger partial charge in [-0.05, 0) is 85.7 Å². The minimum Gasteiger partial charge on any atom is -0.851 e. The van der Waals surface area contributed by atoms with E-state index < -0.39 is 24.0 Å². The Labute approximate surface area is 237 Å². The fraction of sp³-hybridized carbons (Fsp3) is 0.412. The molecular weight excluding hydrogens is 496 g/mol. The van der Waals surface area contributed by atoms with E-state index in [2.05, 4.69) is 124 Å². The molecule has 2 aliphatic heterocycles. The van der Waals surface area contributed by atoms with Crippen LogP contribution in [0.4, 0.5) is 22.7 Å². The average Bonchev–Trinajstić information content (AvgIpc) is 2.94. The lowest BCUT2D eigenvalue weighted by molar-refractivity contribution is -0.535. The van der Waals surface area contributed by atoms with Crippen LogP contribution in [0.15, 0.2) is 60.7 Å². The Morgan fingerprint density at radius 2 is 0.825 bits per heavy atom. The average molecular weight is 535 g/mol. The van der Waals surface area contributed by atoms with Gasteiger partial charge in [-0.2, -0.15) is 0 Å². The Kier molecular flexibility index (Phi) is 5.13. The first kappa shape index (κ1) is 25.5. The summed E-state index contributed by atoms with van der Waals surface area (Å²) < 4.78 is 0. The molecule has 1 fully saturated rings. The minimum atomic E-state index is -0.998. The standard InChI is InChI=1S/C34H38N4O2/c1-33(2)35(5)23-13-9-11-19-21(15-17-25(27(19)23)37(33)7)29-31(39)30(32(29)40)22-16-18-26-28-20(22)12-10-14-24(28)36(6)34(3,4)38(26)8/h9-18,29-32H,1-8H3/q-2. The molecule has 7 rings (SSSR count). The molecule has 0 N–H and O–H groups in total. The first-order valence-electron chi connectivity index (χ1n) is 14.3. The van der Waals surface area contributed by atoms with Crippen LogP contribution in [0.2, 0.25) is 0 Å². The van der Waals surface area contributed by atoms with Gasteiger partial charge in [0.25, 0.3) is 0 Å². The maximum Gasteiger partial charge on any atom is 0.106 e. The molecule has 6 nitrogen and oxygen atoms in total. The van der Waals surface area contributed by atoms with Gasteiger partial charge in [0.05, 0.1) is 0 Å². The van der Waals surface area contributed by atoms with Gasteiger partial charge in [0.15, 0.2) is 0 Å². The van der Waals surface area contributed by atoms with Gasteiger partial charge in [0.2, 0.25) is 0 Å². The Morgan fingerprint density at radius 1 is 0.500 bits per heavy atom.